The van der Waals surface area contributed by atoms with Gasteiger partial charge in [-0.05, 0) is 43.4 Å². The Hall–Kier alpha value is -0.260. The second-order valence-electron chi connectivity index (χ2n) is 5.25. The molecule has 14 heavy (non-hydrogen) atoms. The van der Waals surface area contributed by atoms with Crippen molar-refractivity contribution in [3.63, 3.8) is 0 Å². The monoisotopic (exact) mass is 192 g/mol. The molecule has 3 unspecified atom stereocenters. The highest BCUT2D eigenvalue weighted by molar-refractivity contribution is 4.99. The molecule has 3 atom stereocenters. The van der Waals surface area contributed by atoms with E-state index in [0.717, 1.165) is 17.8 Å². The first-order chi connectivity index (χ1) is 6.90. The van der Waals surface area contributed by atoms with Crippen molar-refractivity contribution in [3.05, 3.63) is 12.2 Å². The molecule has 80 valence electrons. The average molecular weight is 192 g/mol. The zero-order chi connectivity index (χ0) is 9.80. The van der Waals surface area contributed by atoms with Gasteiger partial charge in [-0.3, -0.25) is 0 Å². The highest BCUT2D eigenvalue weighted by atomic mass is 14.3. The minimum atomic E-state index is 0.958. The first kappa shape index (κ1) is 10.3. The van der Waals surface area contributed by atoms with Gasteiger partial charge in [0.15, 0.2) is 0 Å². The first-order valence-electron chi connectivity index (χ1n) is 6.56. The molecular weight excluding hydrogens is 168 g/mol. The molecule has 0 aliphatic heterocycles. The summed E-state index contributed by atoms with van der Waals surface area (Å²) >= 11 is 0. The van der Waals surface area contributed by atoms with Crippen LogP contribution in [0.1, 0.15) is 58.3 Å². The van der Waals surface area contributed by atoms with Crippen LogP contribution in [0.3, 0.4) is 0 Å². The zero-order valence-corrected chi connectivity index (χ0v) is 9.54. The summed E-state index contributed by atoms with van der Waals surface area (Å²) in [6.07, 6.45) is 16.6. The van der Waals surface area contributed by atoms with E-state index in [1.54, 1.807) is 0 Å². The van der Waals surface area contributed by atoms with Crippen molar-refractivity contribution in [2.24, 2.45) is 17.8 Å². The molecule has 0 N–H and O–H groups in total. The van der Waals surface area contributed by atoms with Gasteiger partial charge in [0.05, 0.1) is 0 Å². The number of hydrogen-bond acceptors (Lipinski definition) is 0. The lowest BCUT2D eigenvalue weighted by molar-refractivity contribution is 0.190. The van der Waals surface area contributed by atoms with Crippen LogP contribution in [0.5, 0.6) is 0 Å². The highest BCUT2D eigenvalue weighted by Crippen LogP contribution is 2.41. The highest BCUT2D eigenvalue weighted by Gasteiger charge is 2.29. The molecule has 0 amide bonds. The molecule has 0 bridgehead atoms. The maximum absolute atomic E-state index is 2.52. The molecule has 0 heteroatoms. The molecule has 1 saturated carbocycles. The van der Waals surface area contributed by atoms with Crippen molar-refractivity contribution in [1.29, 1.82) is 0 Å². The molecule has 0 radical (unpaired) electrons. The fourth-order valence-electron chi connectivity index (χ4n) is 3.29. The van der Waals surface area contributed by atoms with Crippen molar-refractivity contribution >= 4 is 0 Å². The number of allylic oxidation sites excluding steroid dienone is 2. The van der Waals surface area contributed by atoms with Crippen LogP contribution in [0.2, 0.25) is 0 Å². The summed E-state index contributed by atoms with van der Waals surface area (Å²) in [5.41, 5.74) is 0. The molecule has 0 aromatic carbocycles. The quantitative estimate of drug-likeness (QED) is 0.575. The Balaban J connectivity index is 1.83. The Bertz CT molecular complexity index is 192. The molecule has 2 aliphatic rings. The van der Waals surface area contributed by atoms with Crippen LogP contribution in [0, 0.1) is 17.8 Å². The Morgan fingerprint density at radius 1 is 1.21 bits per heavy atom. The molecular formula is C14H24. The van der Waals surface area contributed by atoms with Crippen molar-refractivity contribution in [2.45, 2.75) is 58.3 Å². The fourth-order valence-corrected chi connectivity index (χ4v) is 3.29. The molecule has 1 fully saturated rings. The number of rotatable bonds is 3. The first-order valence-corrected chi connectivity index (χ1v) is 6.56. The second-order valence-corrected chi connectivity index (χ2v) is 5.25. The topological polar surface area (TPSA) is 0 Å². The molecule has 0 saturated heterocycles. The van der Waals surface area contributed by atoms with Gasteiger partial charge in [0.1, 0.15) is 0 Å². The largest absolute Gasteiger partial charge is 0.0882 e. The van der Waals surface area contributed by atoms with Crippen LogP contribution in [0.25, 0.3) is 0 Å². The van der Waals surface area contributed by atoms with Crippen LogP contribution in [-0.4, -0.2) is 0 Å². The van der Waals surface area contributed by atoms with Gasteiger partial charge in [0, 0.05) is 0 Å². The van der Waals surface area contributed by atoms with Gasteiger partial charge in [-0.2, -0.15) is 0 Å². The lowest BCUT2D eigenvalue weighted by Gasteiger charge is -2.36. The Labute approximate surface area is 88.8 Å². The number of unbranched alkanes of at least 4 members (excludes halogenated alkanes) is 1. The van der Waals surface area contributed by atoms with Gasteiger partial charge in [0.2, 0.25) is 0 Å². The van der Waals surface area contributed by atoms with Crippen molar-refractivity contribution in [3.8, 4) is 0 Å². The Kier molecular flexibility index (Phi) is 3.67. The van der Waals surface area contributed by atoms with Gasteiger partial charge in [-0.15, -0.1) is 0 Å². The molecule has 0 aromatic rings. The zero-order valence-electron chi connectivity index (χ0n) is 9.54. The second kappa shape index (κ2) is 5.00. The van der Waals surface area contributed by atoms with E-state index in [9.17, 15) is 0 Å². The van der Waals surface area contributed by atoms with E-state index in [0.29, 0.717) is 0 Å². The average Bonchev–Trinajstić information content (AvgIpc) is 2.26. The molecule has 0 heterocycles. The normalized spacial score (nSPS) is 36.8. The van der Waals surface area contributed by atoms with Crippen LogP contribution in [0.15, 0.2) is 12.2 Å². The molecule has 2 rings (SSSR count). The Morgan fingerprint density at radius 3 is 3.00 bits per heavy atom. The van der Waals surface area contributed by atoms with E-state index in [4.69, 9.17) is 0 Å². The lowest BCUT2D eigenvalue weighted by atomic mass is 9.69. The number of fused-ring (bicyclic) bond motifs is 1. The van der Waals surface area contributed by atoms with E-state index in [2.05, 4.69) is 19.1 Å². The Morgan fingerprint density at radius 2 is 2.14 bits per heavy atom. The summed E-state index contributed by atoms with van der Waals surface area (Å²) in [6, 6.07) is 0. The predicted molar refractivity (Wildman–Crippen MR) is 62.2 cm³/mol. The van der Waals surface area contributed by atoms with Gasteiger partial charge in [0.25, 0.3) is 0 Å². The minimum Gasteiger partial charge on any atom is -0.0882 e. The maximum atomic E-state index is 2.52. The van der Waals surface area contributed by atoms with E-state index in [1.807, 2.05) is 0 Å². The predicted octanol–water partition coefficient (Wildman–Crippen LogP) is 4.56. The van der Waals surface area contributed by atoms with Gasteiger partial charge < -0.3 is 0 Å². The minimum absolute atomic E-state index is 0.958. The molecule has 0 spiro atoms. The smallest absolute Gasteiger partial charge is 0.0202 e. The molecule has 0 aromatic heterocycles. The van der Waals surface area contributed by atoms with Crippen LogP contribution >= 0.6 is 0 Å². The van der Waals surface area contributed by atoms with Crippen LogP contribution < -0.4 is 0 Å². The molecule has 0 nitrogen and oxygen atoms in total. The summed E-state index contributed by atoms with van der Waals surface area (Å²) in [5.74, 6) is 3.07. The number of hydrogen-bond donors (Lipinski definition) is 0. The third-order valence-electron chi connectivity index (χ3n) is 4.21. The third-order valence-corrected chi connectivity index (χ3v) is 4.21. The SMILES string of the molecule is CCCCC1CCC2CCC=CC2C1. The lowest BCUT2D eigenvalue weighted by Crippen LogP contribution is -2.25. The molecule has 2 aliphatic carbocycles. The van der Waals surface area contributed by atoms with E-state index in [1.165, 1.54) is 51.4 Å². The summed E-state index contributed by atoms with van der Waals surface area (Å²) in [7, 11) is 0. The van der Waals surface area contributed by atoms with Gasteiger partial charge in [-0.1, -0.05) is 44.8 Å². The van der Waals surface area contributed by atoms with Crippen molar-refractivity contribution < 1.29 is 0 Å². The summed E-state index contributed by atoms with van der Waals surface area (Å²) < 4.78 is 0. The van der Waals surface area contributed by atoms with Crippen molar-refractivity contribution in [2.75, 3.05) is 0 Å². The maximum Gasteiger partial charge on any atom is -0.0202 e. The summed E-state index contributed by atoms with van der Waals surface area (Å²) in [5, 5.41) is 0. The van der Waals surface area contributed by atoms with E-state index >= 15 is 0 Å². The van der Waals surface area contributed by atoms with Crippen LogP contribution in [0.4, 0.5) is 0 Å². The van der Waals surface area contributed by atoms with Gasteiger partial charge >= 0.3 is 0 Å². The fraction of sp³-hybridized carbons (Fsp3) is 0.857. The standard InChI is InChI=1S/C14H24/c1-2-3-6-12-9-10-13-7-4-5-8-14(13)11-12/h5,8,12-14H,2-4,6-7,9-11H2,1H3. The third kappa shape index (κ3) is 2.40. The summed E-state index contributed by atoms with van der Waals surface area (Å²) in [6.45, 7) is 2.31. The van der Waals surface area contributed by atoms with Crippen LogP contribution in [-0.2, 0) is 0 Å². The van der Waals surface area contributed by atoms with E-state index in [-0.39, 0.29) is 0 Å². The van der Waals surface area contributed by atoms with Gasteiger partial charge in [-0.25, -0.2) is 0 Å². The van der Waals surface area contributed by atoms with E-state index < -0.39 is 0 Å². The summed E-state index contributed by atoms with van der Waals surface area (Å²) in [4.78, 5) is 0. The van der Waals surface area contributed by atoms with Crippen molar-refractivity contribution in [1.82, 2.24) is 0 Å².